The average Bonchev–Trinajstić information content (AvgIpc) is 2.53. The Kier molecular flexibility index (Phi) is 6.36. The van der Waals surface area contributed by atoms with Gasteiger partial charge in [0, 0.05) is 17.0 Å². The number of amides is 1. The molecule has 1 saturated heterocycles. The van der Waals surface area contributed by atoms with Gasteiger partial charge >= 0.3 is 5.97 Å². The molecule has 2 rings (SSSR count). The number of benzene rings is 1. The number of rotatable bonds is 4. The molecule has 0 bridgehead atoms. The molecule has 6 heteroatoms. The molecule has 2 atom stereocenters. The Hall–Kier alpha value is -1.20. The molecule has 0 unspecified atom stereocenters. The van der Waals surface area contributed by atoms with Crippen LogP contribution in [0.25, 0.3) is 0 Å². The summed E-state index contributed by atoms with van der Waals surface area (Å²) in [6.45, 7) is 3.83. The molecule has 126 valence electrons. The lowest BCUT2D eigenvalue weighted by molar-refractivity contribution is -0.140. The van der Waals surface area contributed by atoms with E-state index in [1.165, 1.54) is 11.8 Å². The summed E-state index contributed by atoms with van der Waals surface area (Å²) in [5, 5.41) is 0.333. The van der Waals surface area contributed by atoms with Crippen molar-refractivity contribution >= 4 is 35.2 Å². The maximum Gasteiger partial charge on any atom is 0.340 e. The summed E-state index contributed by atoms with van der Waals surface area (Å²) < 4.78 is 5.20. The monoisotopic (exact) mass is 355 g/mol. The maximum absolute atomic E-state index is 12.4. The Bertz CT molecular complexity index is 583. The second kappa shape index (κ2) is 8.06. The lowest BCUT2D eigenvalue weighted by Crippen LogP contribution is -2.49. The van der Waals surface area contributed by atoms with Gasteiger partial charge in [0.05, 0.1) is 10.6 Å². The van der Waals surface area contributed by atoms with Crippen molar-refractivity contribution in [3.05, 3.63) is 28.8 Å². The van der Waals surface area contributed by atoms with Crippen molar-refractivity contribution in [3.63, 3.8) is 0 Å². The van der Waals surface area contributed by atoms with Gasteiger partial charge < -0.3 is 9.64 Å². The number of nitrogens with zero attached hydrogens (tertiary/aromatic N) is 1. The molecule has 0 saturated carbocycles. The van der Waals surface area contributed by atoms with Gasteiger partial charge in [-0.1, -0.05) is 11.6 Å². The topological polar surface area (TPSA) is 46.6 Å². The van der Waals surface area contributed by atoms with E-state index in [2.05, 4.69) is 0 Å². The SMILES string of the molecule is CSc1ccc(Cl)c(C(=O)OCC(=O)N2[C@H](C)CCC[C@H]2C)c1. The molecule has 1 heterocycles. The van der Waals surface area contributed by atoms with Crippen molar-refractivity contribution < 1.29 is 14.3 Å². The fourth-order valence-corrected chi connectivity index (χ4v) is 3.61. The molecule has 0 radical (unpaired) electrons. The van der Waals surface area contributed by atoms with E-state index in [1.54, 1.807) is 12.1 Å². The number of thioether (sulfide) groups is 1. The third-order valence-corrected chi connectivity index (χ3v) is 5.26. The highest BCUT2D eigenvalue weighted by Gasteiger charge is 2.29. The van der Waals surface area contributed by atoms with Gasteiger partial charge in [-0.15, -0.1) is 11.8 Å². The number of ether oxygens (including phenoxy) is 1. The lowest BCUT2D eigenvalue weighted by atomic mass is 9.97. The molecule has 0 N–H and O–H groups in total. The van der Waals surface area contributed by atoms with Gasteiger partial charge in [-0.3, -0.25) is 4.79 Å². The van der Waals surface area contributed by atoms with Crippen molar-refractivity contribution in [2.75, 3.05) is 12.9 Å². The van der Waals surface area contributed by atoms with E-state index >= 15 is 0 Å². The number of esters is 1. The maximum atomic E-state index is 12.4. The largest absolute Gasteiger partial charge is 0.452 e. The standard InChI is InChI=1S/C17H22ClNO3S/c1-11-5-4-6-12(2)19(11)16(20)10-22-17(21)14-9-13(23-3)7-8-15(14)18/h7-9,11-12H,4-6,10H2,1-3H3/t11-,12-/m1/s1. The van der Waals surface area contributed by atoms with Gasteiger partial charge in [0.1, 0.15) is 0 Å². The first kappa shape index (κ1) is 18.1. The van der Waals surface area contributed by atoms with Crippen LogP contribution < -0.4 is 0 Å². The number of halogens is 1. The van der Waals surface area contributed by atoms with Crippen LogP contribution in [-0.2, 0) is 9.53 Å². The van der Waals surface area contributed by atoms with Gasteiger partial charge in [0.15, 0.2) is 6.61 Å². The zero-order valence-electron chi connectivity index (χ0n) is 13.7. The van der Waals surface area contributed by atoms with Crippen LogP contribution in [0, 0.1) is 0 Å². The molecule has 1 aromatic rings. The average molecular weight is 356 g/mol. The lowest BCUT2D eigenvalue weighted by Gasteiger charge is -2.38. The summed E-state index contributed by atoms with van der Waals surface area (Å²) in [4.78, 5) is 27.3. The van der Waals surface area contributed by atoms with E-state index in [9.17, 15) is 9.59 Å². The predicted octanol–water partition coefficient (Wildman–Crippen LogP) is 4.01. The minimum atomic E-state index is -0.559. The summed E-state index contributed by atoms with van der Waals surface area (Å²) in [6.07, 6.45) is 5.03. The number of likely N-dealkylation sites (tertiary alicyclic amines) is 1. The Morgan fingerprint density at radius 2 is 1.96 bits per heavy atom. The molecule has 23 heavy (non-hydrogen) atoms. The van der Waals surface area contributed by atoms with E-state index in [-0.39, 0.29) is 24.6 Å². The Morgan fingerprint density at radius 1 is 1.30 bits per heavy atom. The molecule has 1 fully saturated rings. The van der Waals surface area contributed by atoms with E-state index in [0.29, 0.717) is 10.6 Å². The summed E-state index contributed by atoms with van der Waals surface area (Å²) in [6, 6.07) is 5.57. The molecule has 1 aliphatic heterocycles. The van der Waals surface area contributed by atoms with Crippen molar-refractivity contribution in [2.45, 2.75) is 50.1 Å². The number of piperidine rings is 1. The van der Waals surface area contributed by atoms with Crippen LogP contribution in [0.5, 0.6) is 0 Å². The highest BCUT2D eigenvalue weighted by molar-refractivity contribution is 7.98. The summed E-state index contributed by atoms with van der Waals surface area (Å²) in [5.41, 5.74) is 0.297. The summed E-state index contributed by atoms with van der Waals surface area (Å²) in [5.74, 6) is -0.702. The number of carbonyl (C=O) groups excluding carboxylic acids is 2. The molecule has 0 aliphatic carbocycles. The van der Waals surface area contributed by atoms with E-state index in [1.807, 2.05) is 31.1 Å². The smallest absolute Gasteiger partial charge is 0.340 e. The van der Waals surface area contributed by atoms with E-state index in [0.717, 1.165) is 24.2 Å². The third kappa shape index (κ3) is 4.42. The van der Waals surface area contributed by atoms with Crippen LogP contribution in [0.1, 0.15) is 43.5 Å². The van der Waals surface area contributed by atoms with Crippen molar-refractivity contribution in [2.24, 2.45) is 0 Å². The van der Waals surface area contributed by atoms with Gasteiger partial charge in [-0.2, -0.15) is 0 Å². The van der Waals surface area contributed by atoms with Crippen molar-refractivity contribution in [1.29, 1.82) is 0 Å². The van der Waals surface area contributed by atoms with Gasteiger partial charge in [0.2, 0.25) is 0 Å². The Morgan fingerprint density at radius 3 is 2.57 bits per heavy atom. The van der Waals surface area contributed by atoms with E-state index in [4.69, 9.17) is 16.3 Å². The first-order valence-electron chi connectivity index (χ1n) is 7.76. The molecule has 4 nitrogen and oxygen atoms in total. The molecular weight excluding hydrogens is 334 g/mol. The van der Waals surface area contributed by atoms with Crippen LogP contribution in [0.3, 0.4) is 0 Å². The third-order valence-electron chi connectivity index (χ3n) is 4.20. The van der Waals surface area contributed by atoms with Gasteiger partial charge in [-0.25, -0.2) is 4.79 Å². The predicted molar refractivity (Wildman–Crippen MR) is 93.1 cm³/mol. The number of hydrogen-bond donors (Lipinski definition) is 0. The molecule has 0 aromatic heterocycles. The molecule has 1 amide bonds. The zero-order valence-corrected chi connectivity index (χ0v) is 15.2. The highest BCUT2D eigenvalue weighted by atomic mass is 35.5. The number of carbonyl (C=O) groups is 2. The molecule has 1 aliphatic rings. The molecule has 0 spiro atoms. The van der Waals surface area contributed by atoms with Crippen LogP contribution in [0.2, 0.25) is 5.02 Å². The van der Waals surface area contributed by atoms with Crippen LogP contribution >= 0.6 is 23.4 Å². The fraction of sp³-hybridized carbons (Fsp3) is 0.529. The second-order valence-electron chi connectivity index (χ2n) is 5.85. The van der Waals surface area contributed by atoms with Crippen LogP contribution in [0.4, 0.5) is 0 Å². The Balaban J connectivity index is 2.00. The van der Waals surface area contributed by atoms with Gasteiger partial charge in [-0.05, 0) is 57.6 Å². The van der Waals surface area contributed by atoms with E-state index < -0.39 is 5.97 Å². The minimum Gasteiger partial charge on any atom is -0.452 e. The first-order chi connectivity index (χ1) is 10.9. The normalized spacial score (nSPS) is 21.1. The second-order valence-corrected chi connectivity index (χ2v) is 7.14. The van der Waals surface area contributed by atoms with Crippen molar-refractivity contribution in [3.8, 4) is 0 Å². The summed E-state index contributed by atoms with van der Waals surface area (Å²) >= 11 is 7.57. The van der Waals surface area contributed by atoms with Crippen LogP contribution in [-0.4, -0.2) is 41.7 Å². The van der Waals surface area contributed by atoms with Crippen molar-refractivity contribution in [1.82, 2.24) is 4.90 Å². The van der Waals surface area contributed by atoms with Crippen LogP contribution in [0.15, 0.2) is 23.1 Å². The highest BCUT2D eigenvalue weighted by Crippen LogP contribution is 2.25. The minimum absolute atomic E-state index is 0.143. The zero-order chi connectivity index (χ0) is 17.0. The Labute approximate surface area is 146 Å². The fourth-order valence-electron chi connectivity index (χ4n) is 2.98. The molecular formula is C17H22ClNO3S. The summed E-state index contributed by atoms with van der Waals surface area (Å²) in [7, 11) is 0. The first-order valence-corrected chi connectivity index (χ1v) is 9.36. The number of hydrogen-bond acceptors (Lipinski definition) is 4. The quantitative estimate of drug-likeness (QED) is 0.604. The molecule has 1 aromatic carbocycles. The van der Waals surface area contributed by atoms with Gasteiger partial charge in [0.25, 0.3) is 5.91 Å².